The first-order valence-corrected chi connectivity index (χ1v) is 45.5. The van der Waals surface area contributed by atoms with E-state index in [1.165, 1.54) is 264 Å². The number of rotatable bonds is 8. The summed E-state index contributed by atoms with van der Waals surface area (Å²) in [4.78, 5) is 0. The molecule has 0 N–H and O–H groups in total. The molecule has 0 saturated carbocycles. The molecule has 0 unspecified atom stereocenters. The van der Waals surface area contributed by atoms with Crippen molar-refractivity contribution in [2.75, 3.05) is 0 Å². The molecule has 22 aromatic rings. The summed E-state index contributed by atoms with van der Waals surface area (Å²) in [6, 6.07) is 156. The van der Waals surface area contributed by atoms with Crippen molar-refractivity contribution in [1.29, 1.82) is 0 Å². The van der Waals surface area contributed by atoms with Crippen molar-refractivity contribution in [2.45, 2.75) is 77.0 Å². The van der Waals surface area contributed by atoms with E-state index >= 15 is 0 Å². The predicted molar refractivity (Wildman–Crippen MR) is 547 cm³/mol. The Bertz CT molecular complexity index is 8550. The lowest BCUT2D eigenvalue weighted by atomic mass is 9.79. The van der Waals surface area contributed by atoms with Gasteiger partial charge in [-0.25, -0.2) is 0 Å². The number of fused-ring (bicyclic) bond motifs is 21. The zero-order valence-electron chi connectivity index (χ0n) is 73.3. The van der Waals surface area contributed by atoms with E-state index in [0.29, 0.717) is 0 Å². The molecule has 0 spiro atoms. The van der Waals surface area contributed by atoms with Crippen molar-refractivity contribution in [3.05, 3.63) is 457 Å². The zero-order valence-corrected chi connectivity index (χ0v) is 73.3. The van der Waals surface area contributed by atoms with Gasteiger partial charge in [0.05, 0.1) is 0 Å². The Morgan fingerprint density at radius 3 is 0.867 bits per heavy atom. The summed E-state index contributed by atoms with van der Waals surface area (Å²) in [5.41, 5.74) is 41.7. The fourth-order valence-electron chi connectivity index (χ4n) is 23.7. The molecule has 0 fully saturated rings. The summed E-state index contributed by atoms with van der Waals surface area (Å²) >= 11 is 0. The third kappa shape index (κ3) is 11.3. The molecule has 26 rings (SSSR count). The Labute approximate surface area is 748 Å². The molecule has 0 aromatic heterocycles. The molecule has 0 bridgehead atoms. The van der Waals surface area contributed by atoms with E-state index in [2.05, 4.69) is 468 Å². The lowest BCUT2D eigenvalue weighted by molar-refractivity contribution is 0.659. The quantitative estimate of drug-likeness (QED) is 0.105. The van der Waals surface area contributed by atoms with Crippen LogP contribution >= 0.6 is 0 Å². The van der Waals surface area contributed by atoms with E-state index in [1.807, 2.05) is 0 Å². The minimum atomic E-state index is -0.204. The first-order valence-electron chi connectivity index (χ1n) is 45.5. The Kier molecular flexibility index (Phi) is 16.6. The fraction of sp³-hybridized carbons (Fsp3) is 0.0938. The van der Waals surface area contributed by atoms with E-state index in [1.54, 1.807) is 0 Å². The molecule has 0 saturated heterocycles. The predicted octanol–water partition coefficient (Wildman–Crippen LogP) is 35.2. The third-order valence-electron chi connectivity index (χ3n) is 30.1. The number of hydrogen-bond acceptors (Lipinski definition) is 0. The fourth-order valence-corrected chi connectivity index (χ4v) is 23.7. The molecule has 0 aliphatic heterocycles. The Balaban J connectivity index is 0.000000141. The normalized spacial score (nSPS) is 14.2. The van der Waals surface area contributed by atoms with Gasteiger partial charge in [0.25, 0.3) is 0 Å². The molecule has 4 aliphatic carbocycles. The van der Waals surface area contributed by atoms with Crippen LogP contribution in [0.1, 0.15) is 99.9 Å². The van der Waals surface area contributed by atoms with Gasteiger partial charge in [0.15, 0.2) is 0 Å². The molecule has 0 nitrogen and oxygen atoms in total. The average molecular weight is 1630 g/mol. The highest BCUT2D eigenvalue weighted by Crippen LogP contribution is 2.58. The van der Waals surface area contributed by atoms with Crippen molar-refractivity contribution < 1.29 is 0 Å². The molecule has 22 aromatic carbocycles. The molecule has 0 heteroatoms. The van der Waals surface area contributed by atoms with Crippen molar-refractivity contribution in [3.63, 3.8) is 0 Å². The monoisotopic (exact) mass is 1630 g/mol. The molecule has 0 radical (unpaired) electrons. The van der Waals surface area contributed by atoms with E-state index < -0.39 is 0 Å². The maximum absolute atomic E-state index is 2.53. The van der Waals surface area contributed by atoms with E-state index in [-0.39, 0.29) is 21.7 Å². The first kappa shape index (κ1) is 75.4. The van der Waals surface area contributed by atoms with Crippen LogP contribution in [0.3, 0.4) is 0 Å². The second kappa shape index (κ2) is 28.2. The Morgan fingerprint density at radius 1 is 0.117 bits per heavy atom. The third-order valence-corrected chi connectivity index (χ3v) is 30.1. The van der Waals surface area contributed by atoms with E-state index in [4.69, 9.17) is 0 Å². The van der Waals surface area contributed by atoms with Crippen LogP contribution in [0.5, 0.6) is 0 Å². The van der Waals surface area contributed by atoms with Crippen LogP contribution in [0.25, 0.3) is 220 Å². The summed E-state index contributed by atoms with van der Waals surface area (Å²) in [7, 11) is 0. The van der Waals surface area contributed by atoms with E-state index in [0.717, 1.165) is 0 Å². The molecule has 4 aliphatic rings. The minimum Gasteiger partial charge on any atom is -0.0619 e. The zero-order chi connectivity index (χ0) is 85.8. The van der Waals surface area contributed by atoms with Crippen LogP contribution in [0, 0.1) is 0 Å². The lowest BCUT2D eigenvalue weighted by Crippen LogP contribution is -2.15. The largest absolute Gasteiger partial charge is 0.0619 e. The maximum atomic E-state index is 2.53. The average Bonchev–Trinajstić information content (AvgIpc) is 1.28. The smallest absolute Gasteiger partial charge is 0.0159 e. The standard InChI is InChI=1S/C69H52.C59H40/c1-67(2)60-25-14-12-20-50(60)57-37-45(30-35-61(57)67)66-55-22-10-9-21-54(55)65(56-34-28-44(36-58(56)66)48-23-15-17-41-16-7-8-18-47(41)48)46-29-33-53-52-32-27-43(39-63(52)69(5,6)64(53)40-46)42-26-31-51-49-19-11-13-24-59(49)68(3,4)62(51)38-42;1-59(2)55-28-12-11-24-48(55)53-36-42(30-32-56(53)59)58-50-26-10-9-25-49(50)57(51-31-29-40(35-54(51)58)44-27-14-17-37-15-3-5-20-43(37)44)41-19-13-18-38(33-41)52-34-39-16-4-6-21-45(39)46-22-7-8-23-47(46)52/h7-40H,1-6H3;3-36H,1-2H3. The van der Waals surface area contributed by atoms with Crippen molar-refractivity contribution in [3.8, 4) is 134 Å². The maximum Gasteiger partial charge on any atom is 0.0159 e. The first-order chi connectivity index (χ1) is 62.5. The minimum absolute atomic E-state index is 0.0425. The van der Waals surface area contributed by atoms with Gasteiger partial charge in [-0.1, -0.05) is 413 Å². The molecular formula is C128H92. The Morgan fingerprint density at radius 2 is 0.391 bits per heavy atom. The second-order valence-electron chi connectivity index (χ2n) is 38.4. The molecule has 604 valence electrons. The highest BCUT2D eigenvalue weighted by atomic mass is 14.4. The van der Waals surface area contributed by atoms with Crippen molar-refractivity contribution in [2.24, 2.45) is 0 Å². The van der Waals surface area contributed by atoms with Gasteiger partial charge in [0.2, 0.25) is 0 Å². The van der Waals surface area contributed by atoms with Gasteiger partial charge in [-0.15, -0.1) is 0 Å². The van der Waals surface area contributed by atoms with Gasteiger partial charge < -0.3 is 0 Å². The van der Waals surface area contributed by atoms with Gasteiger partial charge in [0.1, 0.15) is 0 Å². The Hall–Kier alpha value is -15.1. The van der Waals surface area contributed by atoms with Crippen molar-refractivity contribution >= 4 is 86.2 Å². The highest BCUT2D eigenvalue weighted by molar-refractivity contribution is 6.25. The summed E-state index contributed by atoms with van der Waals surface area (Å²) in [5.74, 6) is 0. The summed E-state index contributed by atoms with van der Waals surface area (Å²) in [6.45, 7) is 19.1. The van der Waals surface area contributed by atoms with Crippen LogP contribution in [0.4, 0.5) is 0 Å². The van der Waals surface area contributed by atoms with Crippen LogP contribution in [0.15, 0.2) is 413 Å². The van der Waals surface area contributed by atoms with Crippen molar-refractivity contribution in [1.82, 2.24) is 0 Å². The molecule has 0 heterocycles. The SMILES string of the molecule is CC1(C)c2ccccc2-c2cc(-c3c4ccccc4c(-c4ccc5c(c4)C(C)(C)c4cc(-c6ccc7c(c6)C(C)(C)c6ccccc6-7)ccc4-5)c4ccc(-c5cccc6ccccc56)cc34)ccc21.CC1(C)c2ccccc2-c2cc(-c3c4ccccc4c(-c4cccc(-c5cc6ccccc6c6ccccc56)c4)c4ccc(-c5cccc6ccccc56)cc34)ccc21. The lowest BCUT2D eigenvalue weighted by Gasteiger charge is -2.24. The second-order valence-corrected chi connectivity index (χ2v) is 38.4. The molecule has 0 atom stereocenters. The molecular weight excluding hydrogens is 1540 g/mol. The number of hydrogen-bond donors (Lipinski definition) is 0. The number of benzene rings is 22. The van der Waals surface area contributed by atoms with Crippen LogP contribution in [-0.4, -0.2) is 0 Å². The summed E-state index contributed by atoms with van der Waals surface area (Å²) < 4.78 is 0. The van der Waals surface area contributed by atoms with Gasteiger partial charge in [-0.2, -0.15) is 0 Å². The van der Waals surface area contributed by atoms with Gasteiger partial charge in [-0.3, -0.25) is 0 Å². The van der Waals surface area contributed by atoms with Gasteiger partial charge >= 0.3 is 0 Å². The van der Waals surface area contributed by atoms with Crippen LogP contribution in [-0.2, 0) is 21.7 Å². The molecule has 0 amide bonds. The molecule has 128 heavy (non-hydrogen) atoms. The van der Waals surface area contributed by atoms with Crippen LogP contribution < -0.4 is 0 Å². The van der Waals surface area contributed by atoms with Gasteiger partial charge in [-0.05, 0) is 319 Å². The topological polar surface area (TPSA) is 0 Å². The van der Waals surface area contributed by atoms with E-state index in [9.17, 15) is 0 Å². The summed E-state index contributed by atoms with van der Waals surface area (Å²) in [5, 5.41) is 20.3. The van der Waals surface area contributed by atoms with Crippen LogP contribution in [0.2, 0.25) is 0 Å². The summed E-state index contributed by atoms with van der Waals surface area (Å²) in [6.07, 6.45) is 0. The van der Waals surface area contributed by atoms with Gasteiger partial charge in [0, 0.05) is 21.7 Å². The highest BCUT2D eigenvalue weighted by Gasteiger charge is 2.41.